The Labute approximate surface area is 68.9 Å². The molecule has 2 aliphatic heterocycles. The minimum Gasteiger partial charge on any atom is -0.368 e. The Kier molecular flexibility index (Phi) is 1.47. The molecule has 6 heteroatoms. The molecule has 0 aliphatic carbocycles. The molecule has 0 aromatic carbocycles. The van der Waals surface area contributed by atoms with E-state index in [9.17, 15) is 4.79 Å². The van der Waals surface area contributed by atoms with E-state index in [1.807, 2.05) is 0 Å². The van der Waals surface area contributed by atoms with E-state index in [0.29, 0.717) is 0 Å². The van der Waals surface area contributed by atoms with Crippen molar-refractivity contribution >= 4 is 12.2 Å². The molecular weight excluding hydrogens is 158 g/mol. The van der Waals surface area contributed by atoms with Crippen LogP contribution in [0.4, 0.5) is 0 Å². The first-order chi connectivity index (χ1) is 5.79. The number of hydrogen-bond acceptors (Lipinski definition) is 5. The van der Waals surface area contributed by atoms with E-state index in [4.69, 9.17) is 5.73 Å². The highest BCUT2D eigenvalue weighted by Crippen LogP contribution is 2.14. The van der Waals surface area contributed by atoms with Gasteiger partial charge in [0.15, 0.2) is 0 Å². The van der Waals surface area contributed by atoms with E-state index in [-0.39, 0.29) is 6.04 Å². The SMILES string of the molecule is NC(=O)C1NNC2=CNC=NC21. The number of hydrogen-bond donors (Lipinski definition) is 4. The minimum atomic E-state index is -0.449. The average molecular weight is 167 g/mol. The summed E-state index contributed by atoms with van der Waals surface area (Å²) in [5.74, 6) is -0.407. The van der Waals surface area contributed by atoms with Crippen LogP contribution in [0.3, 0.4) is 0 Å². The molecule has 1 amide bonds. The zero-order chi connectivity index (χ0) is 8.55. The molecule has 2 heterocycles. The van der Waals surface area contributed by atoms with Gasteiger partial charge in [0.1, 0.15) is 12.1 Å². The minimum absolute atomic E-state index is 0.205. The molecule has 1 saturated heterocycles. The molecule has 5 N–H and O–H groups in total. The lowest BCUT2D eigenvalue weighted by Gasteiger charge is -2.13. The highest BCUT2D eigenvalue weighted by atomic mass is 16.1. The number of rotatable bonds is 1. The van der Waals surface area contributed by atoms with Gasteiger partial charge in [-0.2, -0.15) is 0 Å². The maximum Gasteiger partial charge on any atom is 0.239 e. The Morgan fingerprint density at radius 3 is 3.25 bits per heavy atom. The van der Waals surface area contributed by atoms with Crippen LogP contribution in [0.25, 0.3) is 0 Å². The summed E-state index contributed by atoms with van der Waals surface area (Å²) >= 11 is 0. The molecule has 2 aliphatic rings. The van der Waals surface area contributed by atoms with Crippen molar-refractivity contribution in [2.24, 2.45) is 10.7 Å². The van der Waals surface area contributed by atoms with Gasteiger partial charge in [-0.25, -0.2) is 5.43 Å². The van der Waals surface area contributed by atoms with Gasteiger partial charge in [-0.1, -0.05) is 0 Å². The number of nitrogens with one attached hydrogen (secondary N) is 3. The van der Waals surface area contributed by atoms with Crippen LogP contribution in [0.15, 0.2) is 16.9 Å². The van der Waals surface area contributed by atoms with E-state index in [1.54, 1.807) is 12.5 Å². The lowest BCUT2D eigenvalue weighted by molar-refractivity contribution is -0.119. The van der Waals surface area contributed by atoms with Gasteiger partial charge in [-0.05, 0) is 0 Å². The first-order valence-electron chi connectivity index (χ1n) is 3.57. The summed E-state index contributed by atoms with van der Waals surface area (Å²) in [5, 5.41) is 2.81. The summed E-state index contributed by atoms with van der Waals surface area (Å²) in [5.41, 5.74) is 11.6. The molecule has 2 rings (SSSR count). The van der Waals surface area contributed by atoms with Crippen LogP contribution < -0.4 is 21.9 Å². The summed E-state index contributed by atoms with van der Waals surface area (Å²) in [6.07, 6.45) is 3.28. The van der Waals surface area contributed by atoms with Crippen molar-refractivity contribution < 1.29 is 4.79 Å². The molecule has 12 heavy (non-hydrogen) atoms. The summed E-state index contributed by atoms with van der Waals surface area (Å²) in [6.45, 7) is 0. The molecule has 6 nitrogen and oxygen atoms in total. The molecule has 0 aromatic rings. The standard InChI is InChI=1S/C6H9N5O/c7-6(12)5-4-3(10-11-5)1-8-2-9-4/h1-2,4-5,10-11H,(H2,7,12)(H,8,9). The number of amides is 1. The van der Waals surface area contributed by atoms with Crippen LogP contribution in [-0.4, -0.2) is 24.3 Å². The molecule has 0 bridgehead atoms. The predicted octanol–water partition coefficient (Wildman–Crippen LogP) is -2.21. The molecule has 0 spiro atoms. The second kappa shape index (κ2) is 2.49. The Morgan fingerprint density at radius 1 is 1.67 bits per heavy atom. The number of fused-ring (bicyclic) bond motifs is 1. The average Bonchev–Trinajstić information content (AvgIpc) is 2.47. The van der Waals surface area contributed by atoms with Crippen LogP contribution in [0.1, 0.15) is 0 Å². The summed E-state index contributed by atoms with van der Waals surface area (Å²) in [7, 11) is 0. The Bertz CT molecular complexity index is 271. The molecule has 2 atom stereocenters. The van der Waals surface area contributed by atoms with Crippen LogP contribution >= 0.6 is 0 Å². The fourth-order valence-corrected chi connectivity index (χ4v) is 1.26. The smallest absolute Gasteiger partial charge is 0.239 e. The number of aliphatic imine (C=N–C) groups is 1. The van der Waals surface area contributed by atoms with Crippen molar-refractivity contribution in [2.45, 2.75) is 12.1 Å². The fraction of sp³-hybridized carbons (Fsp3) is 0.333. The number of nitrogens with zero attached hydrogens (tertiary/aromatic N) is 1. The Morgan fingerprint density at radius 2 is 2.50 bits per heavy atom. The maximum absolute atomic E-state index is 10.9. The highest BCUT2D eigenvalue weighted by molar-refractivity contribution is 5.82. The molecule has 64 valence electrons. The topological polar surface area (TPSA) is 91.5 Å². The van der Waals surface area contributed by atoms with Crippen molar-refractivity contribution in [2.75, 3.05) is 0 Å². The molecular formula is C6H9N5O. The van der Waals surface area contributed by atoms with Gasteiger partial charge in [0, 0.05) is 6.20 Å². The van der Waals surface area contributed by atoms with Crippen LogP contribution in [0.5, 0.6) is 0 Å². The van der Waals surface area contributed by atoms with Gasteiger partial charge in [0.25, 0.3) is 0 Å². The predicted molar refractivity (Wildman–Crippen MR) is 42.8 cm³/mol. The first-order valence-corrected chi connectivity index (χ1v) is 3.57. The van der Waals surface area contributed by atoms with Crippen molar-refractivity contribution in [3.63, 3.8) is 0 Å². The van der Waals surface area contributed by atoms with E-state index < -0.39 is 11.9 Å². The van der Waals surface area contributed by atoms with Gasteiger partial charge < -0.3 is 16.5 Å². The van der Waals surface area contributed by atoms with Crippen molar-refractivity contribution in [3.8, 4) is 0 Å². The Balaban J connectivity index is 2.22. The number of carbonyl (C=O) groups is 1. The van der Waals surface area contributed by atoms with Gasteiger partial charge in [0.05, 0.1) is 12.0 Å². The van der Waals surface area contributed by atoms with Crippen LogP contribution in [0.2, 0.25) is 0 Å². The largest absolute Gasteiger partial charge is 0.368 e. The van der Waals surface area contributed by atoms with E-state index in [0.717, 1.165) is 5.70 Å². The number of hydrazine groups is 1. The third-order valence-electron chi connectivity index (χ3n) is 1.86. The van der Waals surface area contributed by atoms with Crippen molar-refractivity contribution in [1.29, 1.82) is 0 Å². The van der Waals surface area contributed by atoms with Gasteiger partial charge in [-0.15, -0.1) is 0 Å². The van der Waals surface area contributed by atoms with Gasteiger partial charge in [-0.3, -0.25) is 9.79 Å². The second-order valence-corrected chi connectivity index (χ2v) is 2.64. The maximum atomic E-state index is 10.9. The van der Waals surface area contributed by atoms with Crippen LogP contribution in [-0.2, 0) is 4.79 Å². The third kappa shape index (κ3) is 0.928. The van der Waals surface area contributed by atoms with E-state index >= 15 is 0 Å². The molecule has 2 unspecified atom stereocenters. The fourth-order valence-electron chi connectivity index (χ4n) is 1.26. The number of carbonyl (C=O) groups excluding carboxylic acids is 1. The molecule has 0 aromatic heterocycles. The highest BCUT2D eigenvalue weighted by Gasteiger charge is 2.35. The number of primary amides is 1. The normalized spacial score (nSPS) is 31.5. The first kappa shape index (κ1) is 7.11. The monoisotopic (exact) mass is 167 g/mol. The molecule has 0 saturated carbocycles. The Hall–Kier alpha value is -1.56. The molecule has 0 radical (unpaired) electrons. The van der Waals surface area contributed by atoms with Crippen molar-refractivity contribution in [1.82, 2.24) is 16.2 Å². The lowest BCUT2D eigenvalue weighted by atomic mass is 10.1. The zero-order valence-electron chi connectivity index (χ0n) is 6.24. The third-order valence-corrected chi connectivity index (χ3v) is 1.86. The van der Waals surface area contributed by atoms with Gasteiger partial charge >= 0.3 is 0 Å². The zero-order valence-corrected chi connectivity index (χ0v) is 6.24. The van der Waals surface area contributed by atoms with E-state index in [2.05, 4.69) is 21.2 Å². The second-order valence-electron chi connectivity index (χ2n) is 2.64. The lowest BCUT2D eigenvalue weighted by Crippen LogP contribution is -2.44. The number of nitrogens with two attached hydrogens (primary N) is 1. The summed E-state index contributed by atoms with van der Waals surface area (Å²) < 4.78 is 0. The van der Waals surface area contributed by atoms with Gasteiger partial charge in [0.2, 0.25) is 5.91 Å². The quantitative estimate of drug-likeness (QED) is 0.356. The summed E-state index contributed by atoms with van der Waals surface area (Å²) in [4.78, 5) is 14.9. The summed E-state index contributed by atoms with van der Waals surface area (Å²) in [6, 6.07) is -0.654. The van der Waals surface area contributed by atoms with Crippen LogP contribution in [0, 0.1) is 0 Å². The molecule has 1 fully saturated rings. The van der Waals surface area contributed by atoms with Crippen molar-refractivity contribution in [3.05, 3.63) is 11.9 Å². The van der Waals surface area contributed by atoms with E-state index in [1.165, 1.54) is 0 Å².